The third-order valence-corrected chi connectivity index (χ3v) is 3.06. The smallest absolute Gasteiger partial charge is 0.189 e. The van der Waals surface area contributed by atoms with E-state index in [9.17, 15) is 4.79 Å². The van der Waals surface area contributed by atoms with Crippen LogP contribution >= 0.6 is 11.3 Å². The Morgan fingerprint density at radius 2 is 2.14 bits per heavy atom. The first-order valence-corrected chi connectivity index (χ1v) is 5.68. The highest BCUT2D eigenvalue weighted by Gasteiger charge is 2.17. The van der Waals surface area contributed by atoms with Gasteiger partial charge >= 0.3 is 0 Å². The maximum atomic E-state index is 11.8. The summed E-state index contributed by atoms with van der Waals surface area (Å²) >= 11 is 1.52. The summed E-state index contributed by atoms with van der Waals surface area (Å²) in [6.45, 7) is 6.15. The van der Waals surface area contributed by atoms with Crippen molar-refractivity contribution < 1.29 is 4.79 Å². The van der Waals surface area contributed by atoms with Crippen molar-refractivity contribution in [1.29, 1.82) is 0 Å². The van der Waals surface area contributed by atoms with E-state index in [4.69, 9.17) is 5.73 Å². The fraction of sp³-hybridized carbons (Fsp3) is 0.545. The molecule has 1 rings (SSSR count). The van der Waals surface area contributed by atoms with E-state index in [1.54, 1.807) is 0 Å². The number of carbonyl (C=O) groups is 1. The number of Topliss-reactive ketones (excluding diaryl/α,β-unsaturated/α-hetero) is 1. The molecule has 0 spiro atoms. The molecule has 0 saturated carbocycles. The molecule has 1 aromatic rings. The Bertz CT molecular complexity index is 317. The summed E-state index contributed by atoms with van der Waals surface area (Å²) in [4.78, 5) is 13.7. The van der Waals surface area contributed by atoms with Crippen molar-refractivity contribution in [3.8, 4) is 0 Å². The lowest BCUT2D eigenvalue weighted by Crippen LogP contribution is -2.31. The van der Waals surface area contributed by atoms with Crippen LogP contribution in [0, 0.1) is 12.8 Å². The molecular formula is C11H17NOS. The zero-order chi connectivity index (χ0) is 10.7. The second-order valence-corrected chi connectivity index (χ2v) is 5.30. The number of rotatable bonds is 4. The zero-order valence-electron chi connectivity index (χ0n) is 8.91. The molecule has 0 radical (unpaired) electrons. The summed E-state index contributed by atoms with van der Waals surface area (Å²) in [5.74, 6) is 0.548. The summed E-state index contributed by atoms with van der Waals surface area (Å²) in [7, 11) is 0. The van der Waals surface area contributed by atoms with Gasteiger partial charge in [-0.3, -0.25) is 4.79 Å². The standard InChI is InChI=1S/C11H17NOS/c1-7(2)6-9(12)11(13)10-5-4-8(3)14-10/h4-5,7,9H,6,12H2,1-3H3. The molecule has 0 fully saturated rings. The molecule has 2 nitrogen and oxygen atoms in total. The molecule has 0 aromatic carbocycles. The molecule has 3 heteroatoms. The predicted molar refractivity (Wildman–Crippen MR) is 60.8 cm³/mol. The van der Waals surface area contributed by atoms with E-state index in [0.29, 0.717) is 5.92 Å². The first kappa shape index (κ1) is 11.4. The average Bonchev–Trinajstić information content (AvgIpc) is 2.49. The zero-order valence-corrected chi connectivity index (χ0v) is 9.73. The average molecular weight is 211 g/mol. The van der Waals surface area contributed by atoms with E-state index in [0.717, 1.165) is 16.2 Å². The minimum absolute atomic E-state index is 0.0804. The van der Waals surface area contributed by atoms with Crippen LogP contribution in [0.2, 0.25) is 0 Å². The lowest BCUT2D eigenvalue weighted by molar-refractivity contribution is 0.0955. The summed E-state index contributed by atoms with van der Waals surface area (Å²) in [6, 6.07) is 3.48. The van der Waals surface area contributed by atoms with Gasteiger partial charge in [0.2, 0.25) is 0 Å². The number of nitrogens with two attached hydrogens (primary N) is 1. The van der Waals surface area contributed by atoms with Gasteiger partial charge in [0, 0.05) is 4.88 Å². The minimum atomic E-state index is -0.340. The van der Waals surface area contributed by atoms with Crippen molar-refractivity contribution in [3.05, 3.63) is 21.9 Å². The summed E-state index contributed by atoms with van der Waals surface area (Å²) in [6.07, 6.45) is 0.760. The van der Waals surface area contributed by atoms with Crippen LogP contribution in [0.3, 0.4) is 0 Å². The molecule has 1 heterocycles. The molecule has 0 bridgehead atoms. The third-order valence-electron chi connectivity index (χ3n) is 2.05. The minimum Gasteiger partial charge on any atom is -0.321 e. The summed E-state index contributed by atoms with van der Waals surface area (Å²) in [5, 5.41) is 0. The maximum absolute atomic E-state index is 11.8. The first-order chi connectivity index (χ1) is 6.50. The Labute approximate surface area is 89.1 Å². The molecule has 1 aromatic heterocycles. The molecule has 78 valence electrons. The van der Waals surface area contributed by atoms with E-state index >= 15 is 0 Å². The van der Waals surface area contributed by atoms with Crippen molar-refractivity contribution in [1.82, 2.24) is 0 Å². The number of aryl methyl sites for hydroxylation is 1. The monoisotopic (exact) mass is 211 g/mol. The number of carbonyl (C=O) groups excluding carboxylic acids is 1. The van der Waals surface area contributed by atoms with Gasteiger partial charge in [-0.2, -0.15) is 0 Å². The fourth-order valence-corrected chi connectivity index (χ4v) is 2.24. The van der Waals surface area contributed by atoms with Crippen molar-refractivity contribution in [3.63, 3.8) is 0 Å². The summed E-state index contributed by atoms with van der Waals surface area (Å²) in [5.41, 5.74) is 5.82. The SMILES string of the molecule is Cc1ccc(C(=O)C(N)CC(C)C)s1. The Morgan fingerprint density at radius 3 is 2.57 bits per heavy atom. The van der Waals surface area contributed by atoms with Crippen molar-refractivity contribution in [2.45, 2.75) is 33.2 Å². The number of ketones is 1. The Balaban J connectivity index is 2.65. The molecule has 1 unspecified atom stereocenters. The topological polar surface area (TPSA) is 43.1 Å². The second-order valence-electron chi connectivity index (χ2n) is 4.01. The first-order valence-electron chi connectivity index (χ1n) is 4.87. The van der Waals surface area contributed by atoms with Crippen molar-refractivity contribution in [2.75, 3.05) is 0 Å². The van der Waals surface area contributed by atoms with Crippen LogP contribution in [0.25, 0.3) is 0 Å². The molecule has 0 aliphatic rings. The third kappa shape index (κ3) is 2.93. The van der Waals surface area contributed by atoms with Crippen LogP contribution in [-0.2, 0) is 0 Å². The molecular weight excluding hydrogens is 194 g/mol. The van der Waals surface area contributed by atoms with Crippen LogP contribution in [0.4, 0.5) is 0 Å². The van der Waals surface area contributed by atoms with Crippen LogP contribution in [0.5, 0.6) is 0 Å². The predicted octanol–water partition coefficient (Wildman–Crippen LogP) is 2.61. The Morgan fingerprint density at radius 1 is 1.50 bits per heavy atom. The highest BCUT2D eigenvalue weighted by atomic mass is 32.1. The van der Waals surface area contributed by atoms with E-state index in [1.165, 1.54) is 11.3 Å². The van der Waals surface area contributed by atoms with Gasteiger partial charge in [0.05, 0.1) is 10.9 Å². The van der Waals surface area contributed by atoms with Gasteiger partial charge in [0.1, 0.15) is 0 Å². The van der Waals surface area contributed by atoms with E-state index < -0.39 is 0 Å². The van der Waals surface area contributed by atoms with E-state index in [-0.39, 0.29) is 11.8 Å². The van der Waals surface area contributed by atoms with Gasteiger partial charge in [-0.05, 0) is 31.4 Å². The summed E-state index contributed by atoms with van der Waals surface area (Å²) < 4.78 is 0. The van der Waals surface area contributed by atoms with Gasteiger partial charge < -0.3 is 5.73 Å². The van der Waals surface area contributed by atoms with Crippen LogP contribution < -0.4 is 5.73 Å². The normalized spacial score (nSPS) is 13.2. The lowest BCUT2D eigenvalue weighted by Gasteiger charge is -2.11. The highest BCUT2D eigenvalue weighted by Crippen LogP contribution is 2.18. The van der Waals surface area contributed by atoms with Gasteiger partial charge in [0.15, 0.2) is 5.78 Å². The largest absolute Gasteiger partial charge is 0.321 e. The Hall–Kier alpha value is -0.670. The number of hydrogen-bond acceptors (Lipinski definition) is 3. The van der Waals surface area contributed by atoms with Crippen molar-refractivity contribution >= 4 is 17.1 Å². The molecule has 0 aliphatic heterocycles. The second kappa shape index (κ2) is 4.71. The van der Waals surface area contributed by atoms with Crippen LogP contribution in [0.1, 0.15) is 34.8 Å². The number of hydrogen-bond donors (Lipinski definition) is 1. The van der Waals surface area contributed by atoms with E-state index in [2.05, 4.69) is 13.8 Å². The molecule has 0 amide bonds. The molecule has 0 saturated heterocycles. The number of thiophene rings is 1. The fourth-order valence-electron chi connectivity index (χ4n) is 1.36. The molecule has 0 aliphatic carbocycles. The van der Waals surface area contributed by atoms with Gasteiger partial charge in [0.25, 0.3) is 0 Å². The quantitative estimate of drug-likeness (QED) is 0.778. The molecule has 2 N–H and O–H groups in total. The maximum Gasteiger partial charge on any atom is 0.189 e. The highest BCUT2D eigenvalue weighted by molar-refractivity contribution is 7.14. The molecule has 14 heavy (non-hydrogen) atoms. The van der Waals surface area contributed by atoms with Crippen molar-refractivity contribution in [2.24, 2.45) is 11.7 Å². The van der Waals surface area contributed by atoms with Gasteiger partial charge in [-0.1, -0.05) is 13.8 Å². The van der Waals surface area contributed by atoms with Crippen LogP contribution in [-0.4, -0.2) is 11.8 Å². The lowest BCUT2D eigenvalue weighted by atomic mass is 10.0. The van der Waals surface area contributed by atoms with E-state index in [1.807, 2.05) is 19.1 Å². The Kier molecular flexibility index (Phi) is 3.84. The molecule has 1 atom stereocenters. The van der Waals surface area contributed by atoms with Gasteiger partial charge in [-0.25, -0.2) is 0 Å². The van der Waals surface area contributed by atoms with Gasteiger partial charge in [-0.15, -0.1) is 11.3 Å². The van der Waals surface area contributed by atoms with Crippen LogP contribution in [0.15, 0.2) is 12.1 Å².